The molecule has 0 N–H and O–H groups in total. The van der Waals surface area contributed by atoms with Crippen molar-refractivity contribution < 1.29 is 29.7 Å². The number of hydrogen-bond acceptors (Lipinski definition) is 4. The van der Waals surface area contributed by atoms with Gasteiger partial charge in [-0.25, -0.2) is 0 Å². The molecule has 0 unspecified atom stereocenters. The maximum absolute atomic E-state index is 10.0. The van der Waals surface area contributed by atoms with Crippen LogP contribution in [0.15, 0.2) is 97.3 Å². The van der Waals surface area contributed by atoms with E-state index in [2.05, 4.69) is 72.3 Å². The zero-order valence-corrected chi connectivity index (χ0v) is 22.4. The number of rotatable bonds is 4. The molecular formula is C29H30IrN2O2+3. The van der Waals surface area contributed by atoms with Crippen LogP contribution in [0.25, 0.3) is 22.5 Å². The normalized spacial score (nSPS) is 9.29. The molecule has 0 saturated carbocycles. The van der Waals surface area contributed by atoms with Crippen LogP contribution in [0.3, 0.4) is 0 Å². The van der Waals surface area contributed by atoms with Gasteiger partial charge < -0.3 is 0 Å². The molecule has 0 fully saturated rings. The Morgan fingerprint density at radius 1 is 0.588 bits per heavy atom. The van der Waals surface area contributed by atoms with Gasteiger partial charge in [0.25, 0.3) is 0 Å². The van der Waals surface area contributed by atoms with Gasteiger partial charge in [-0.05, 0) is 52.0 Å². The average Bonchev–Trinajstić information content (AvgIpc) is 2.81. The molecule has 34 heavy (non-hydrogen) atoms. The van der Waals surface area contributed by atoms with Crippen molar-refractivity contribution in [3.8, 4) is 22.5 Å². The molecule has 0 aliphatic heterocycles. The SMILES string of the molecule is CC(=O)CC(C)=O.Cc1ccc(-c2ccccn2)cc1.Cc1ccc(-c2ccccn2)cc1.[Ir+3]. The van der Waals surface area contributed by atoms with Gasteiger partial charge >= 0.3 is 20.1 Å². The van der Waals surface area contributed by atoms with E-state index in [1.807, 2.05) is 48.8 Å². The molecular weight excluding hydrogens is 601 g/mol. The largest absolute Gasteiger partial charge is 3.00 e. The molecule has 2 aromatic heterocycles. The predicted molar refractivity (Wildman–Crippen MR) is 135 cm³/mol. The van der Waals surface area contributed by atoms with Gasteiger partial charge in [-0.1, -0.05) is 71.8 Å². The maximum atomic E-state index is 10.0. The monoisotopic (exact) mass is 631 g/mol. The number of aromatic nitrogens is 2. The van der Waals surface area contributed by atoms with Crippen LogP contribution in [0.4, 0.5) is 0 Å². The summed E-state index contributed by atoms with van der Waals surface area (Å²) in [6.45, 7) is 6.98. The molecule has 0 spiro atoms. The fourth-order valence-corrected chi connectivity index (χ4v) is 2.87. The van der Waals surface area contributed by atoms with Crippen LogP contribution in [0.1, 0.15) is 31.4 Å². The molecule has 0 aliphatic rings. The first-order valence-electron chi connectivity index (χ1n) is 10.8. The average molecular weight is 631 g/mol. The maximum Gasteiger partial charge on any atom is 3.00 e. The predicted octanol–water partition coefficient (Wildman–Crippen LogP) is 6.67. The van der Waals surface area contributed by atoms with Crippen molar-refractivity contribution in [1.82, 2.24) is 9.97 Å². The molecule has 4 nitrogen and oxygen atoms in total. The summed E-state index contributed by atoms with van der Waals surface area (Å²) in [6, 6.07) is 28.7. The second-order valence-electron chi connectivity index (χ2n) is 7.74. The van der Waals surface area contributed by atoms with Crippen molar-refractivity contribution in [1.29, 1.82) is 0 Å². The molecule has 0 radical (unpaired) electrons. The summed E-state index contributed by atoms with van der Waals surface area (Å²) in [5.74, 6) is -0.125. The molecule has 2 aromatic carbocycles. The van der Waals surface area contributed by atoms with Crippen molar-refractivity contribution in [2.75, 3.05) is 0 Å². The Bertz CT molecular complexity index is 1040. The Balaban J connectivity index is 0.000000264. The van der Waals surface area contributed by atoms with Crippen molar-refractivity contribution in [2.45, 2.75) is 34.1 Å². The van der Waals surface area contributed by atoms with E-state index in [4.69, 9.17) is 0 Å². The molecule has 174 valence electrons. The number of benzene rings is 2. The van der Waals surface area contributed by atoms with Gasteiger partial charge in [0.05, 0.1) is 17.8 Å². The Labute approximate surface area is 215 Å². The molecule has 0 bridgehead atoms. The van der Waals surface area contributed by atoms with Crippen LogP contribution in [0, 0.1) is 13.8 Å². The van der Waals surface area contributed by atoms with Crippen LogP contribution in [-0.4, -0.2) is 21.5 Å². The molecule has 0 saturated heterocycles. The first-order chi connectivity index (χ1) is 15.8. The van der Waals surface area contributed by atoms with Crippen LogP contribution in [0.5, 0.6) is 0 Å². The van der Waals surface area contributed by atoms with E-state index in [9.17, 15) is 9.59 Å². The van der Waals surface area contributed by atoms with Crippen molar-refractivity contribution >= 4 is 11.6 Å². The summed E-state index contributed by atoms with van der Waals surface area (Å²) in [4.78, 5) is 28.6. The fourth-order valence-electron chi connectivity index (χ4n) is 2.87. The smallest absolute Gasteiger partial charge is 0.300 e. The zero-order valence-electron chi connectivity index (χ0n) is 20.0. The third kappa shape index (κ3) is 11.0. The van der Waals surface area contributed by atoms with Crippen LogP contribution < -0.4 is 0 Å². The van der Waals surface area contributed by atoms with Gasteiger partial charge in [0.15, 0.2) is 0 Å². The summed E-state index contributed by atoms with van der Waals surface area (Å²) in [7, 11) is 0. The topological polar surface area (TPSA) is 59.9 Å². The minimum atomic E-state index is -0.0625. The van der Waals surface area contributed by atoms with Crippen molar-refractivity contribution in [3.63, 3.8) is 0 Å². The van der Waals surface area contributed by atoms with Gasteiger partial charge in [0.1, 0.15) is 11.6 Å². The van der Waals surface area contributed by atoms with Gasteiger partial charge in [0.2, 0.25) is 0 Å². The van der Waals surface area contributed by atoms with Gasteiger partial charge in [-0.15, -0.1) is 0 Å². The Morgan fingerprint density at radius 2 is 0.941 bits per heavy atom. The van der Waals surface area contributed by atoms with Crippen molar-refractivity contribution in [2.24, 2.45) is 0 Å². The Morgan fingerprint density at radius 3 is 1.18 bits per heavy atom. The van der Waals surface area contributed by atoms with E-state index < -0.39 is 0 Å². The fraction of sp³-hybridized carbons (Fsp3) is 0.172. The van der Waals surface area contributed by atoms with Gasteiger partial charge in [-0.2, -0.15) is 0 Å². The number of carbonyl (C=O) groups is 2. The second kappa shape index (κ2) is 15.5. The van der Waals surface area contributed by atoms with Crippen LogP contribution in [-0.2, 0) is 29.7 Å². The van der Waals surface area contributed by atoms with Crippen LogP contribution >= 0.6 is 0 Å². The van der Waals surface area contributed by atoms with E-state index in [1.165, 1.54) is 36.1 Å². The number of Topliss-reactive ketones (excluding diaryl/α,β-unsaturated/α-hetero) is 2. The summed E-state index contributed by atoms with van der Waals surface area (Å²) in [6.07, 6.45) is 3.71. The summed E-state index contributed by atoms with van der Waals surface area (Å²) < 4.78 is 0. The molecule has 0 atom stereocenters. The Kier molecular flexibility index (Phi) is 13.2. The number of carbonyl (C=O) groups excluding carboxylic acids is 2. The summed E-state index contributed by atoms with van der Waals surface area (Å²) in [5.41, 5.74) is 6.96. The molecule has 5 heteroatoms. The Hall–Kier alpha value is -3.27. The number of aryl methyl sites for hydroxylation is 2. The molecule has 2 heterocycles. The number of hydrogen-bond donors (Lipinski definition) is 0. The third-order valence-corrected chi connectivity index (χ3v) is 4.52. The molecule has 0 aliphatic carbocycles. The number of pyridine rings is 2. The first-order valence-corrected chi connectivity index (χ1v) is 10.8. The van der Waals surface area contributed by atoms with E-state index >= 15 is 0 Å². The van der Waals surface area contributed by atoms with Crippen molar-refractivity contribution in [3.05, 3.63) is 108 Å². The molecule has 4 rings (SSSR count). The molecule has 4 aromatic rings. The summed E-state index contributed by atoms with van der Waals surface area (Å²) in [5, 5.41) is 0. The zero-order chi connectivity index (χ0) is 24.1. The first kappa shape index (κ1) is 28.8. The third-order valence-electron chi connectivity index (χ3n) is 4.52. The standard InChI is InChI=1S/2C12H11N.C5H8O2.Ir/c2*1-10-5-7-11(8-6-10)12-4-2-3-9-13-12;1-4(6)3-5(2)7;/h2*2-9H,1H3;3H2,1-2H3;/q;;;+3. The van der Waals surface area contributed by atoms with E-state index in [-0.39, 0.29) is 38.1 Å². The van der Waals surface area contributed by atoms with Gasteiger partial charge in [0, 0.05) is 23.5 Å². The number of nitrogens with zero attached hydrogens (tertiary/aromatic N) is 2. The van der Waals surface area contributed by atoms with Crippen LogP contribution in [0.2, 0.25) is 0 Å². The van der Waals surface area contributed by atoms with E-state index in [0.29, 0.717) is 0 Å². The van der Waals surface area contributed by atoms with Gasteiger partial charge in [-0.3, -0.25) is 19.6 Å². The minimum absolute atomic E-state index is 0. The minimum Gasteiger partial charge on any atom is -0.300 e. The molecule has 0 amide bonds. The number of ketones is 2. The van der Waals surface area contributed by atoms with E-state index in [1.54, 1.807) is 0 Å². The van der Waals surface area contributed by atoms with E-state index in [0.717, 1.165) is 11.4 Å². The summed E-state index contributed by atoms with van der Waals surface area (Å²) >= 11 is 0. The quantitative estimate of drug-likeness (QED) is 0.237. The second-order valence-corrected chi connectivity index (χ2v) is 7.74.